The molecule has 1 N–H and O–H groups in total. The first-order chi connectivity index (χ1) is 8.58. The highest BCUT2D eigenvalue weighted by Crippen LogP contribution is 2.22. The Balaban J connectivity index is 2.72. The predicted molar refractivity (Wildman–Crippen MR) is 70.9 cm³/mol. The van der Waals surface area contributed by atoms with Gasteiger partial charge in [0.05, 0.1) is 13.2 Å². The standard InChI is InChI=1S/C14H21NO3/c1-5-17-13-8-10(3)12(7-11(13)4)9-15-14(16)18-6-2/h7-8H,5-6,9H2,1-4H3,(H,15,16). The lowest BCUT2D eigenvalue weighted by Crippen LogP contribution is -2.24. The van der Waals surface area contributed by atoms with Crippen LogP contribution in [0.2, 0.25) is 0 Å². The van der Waals surface area contributed by atoms with Crippen LogP contribution in [0.3, 0.4) is 0 Å². The number of ether oxygens (including phenoxy) is 2. The predicted octanol–water partition coefficient (Wildman–Crippen LogP) is 2.95. The molecule has 0 aliphatic heterocycles. The normalized spacial score (nSPS) is 10.0. The van der Waals surface area contributed by atoms with Crippen LogP contribution in [0.25, 0.3) is 0 Å². The number of carbonyl (C=O) groups excluding carboxylic acids is 1. The van der Waals surface area contributed by atoms with Gasteiger partial charge in [0.2, 0.25) is 0 Å². The van der Waals surface area contributed by atoms with Crippen LogP contribution in [0.1, 0.15) is 30.5 Å². The zero-order chi connectivity index (χ0) is 13.5. The van der Waals surface area contributed by atoms with Crippen LogP contribution in [0.15, 0.2) is 12.1 Å². The molecule has 4 heteroatoms. The summed E-state index contributed by atoms with van der Waals surface area (Å²) in [7, 11) is 0. The van der Waals surface area contributed by atoms with E-state index in [0.29, 0.717) is 19.8 Å². The highest BCUT2D eigenvalue weighted by Gasteiger charge is 2.07. The summed E-state index contributed by atoms with van der Waals surface area (Å²) in [5.74, 6) is 0.898. The summed E-state index contributed by atoms with van der Waals surface area (Å²) in [6, 6.07) is 4.04. The third-order valence-corrected chi connectivity index (χ3v) is 2.63. The molecule has 1 rings (SSSR count). The number of benzene rings is 1. The second-order valence-corrected chi connectivity index (χ2v) is 4.05. The molecule has 1 aromatic rings. The third kappa shape index (κ3) is 3.95. The molecule has 0 heterocycles. The fourth-order valence-corrected chi connectivity index (χ4v) is 1.70. The van der Waals surface area contributed by atoms with Crippen molar-refractivity contribution in [3.63, 3.8) is 0 Å². The maximum atomic E-state index is 11.2. The fourth-order valence-electron chi connectivity index (χ4n) is 1.70. The largest absolute Gasteiger partial charge is 0.494 e. The lowest BCUT2D eigenvalue weighted by atomic mass is 10.0. The van der Waals surface area contributed by atoms with E-state index >= 15 is 0 Å². The monoisotopic (exact) mass is 251 g/mol. The number of hydrogen-bond donors (Lipinski definition) is 1. The number of rotatable bonds is 5. The van der Waals surface area contributed by atoms with Gasteiger partial charge < -0.3 is 14.8 Å². The smallest absolute Gasteiger partial charge is 0.407 e. The van der Waals surface area contributed by atoms with E-state index in [1.165, 1.54) is 0 Å². The Hall–Kier alpha value is -1.71. The molecule has 100 valence electrons. The van der Waals surface area contributed by atoms with Crippen molar-refractivity contribution in [1.29, 1.82) is 0 Å². The Bertz CT molecular complexity index is 416. The first-order valence-electron chi connectivity index (χ1n) is 6.22. The van der Waals surface area contributed by atoms with E-state index in [1.54, 1.807) is 6.92 Å². The molecule has 0 bridgehead atoms. The van der Waals surface area contributed by atoms with Crippen molar-refractivity contribution in [3.05, 3.63) is 28.8 Å². The Labute approximate surface area is 108 Å². The van der Waals surface area contributed by atoms with E-state index in [0.717, 1.165) is 22.4 Å². The van der Waals surface area contributed by atoms with Crippen molar-refractivity contribution in [2.24, 2.45) is 0 Å². The molecule has 0 radical (unpaired) electrons. The molecule has 4 nitrogen and oxygen atoms in total. The average Bonchev–Trinajstić information content (AvgIpc) is 2.32. The number of hydrogen-bond acceptors (Lipinski definition) is 3. The molecule has 0 saturated heterocycles. The van der Waals surface area contributed by atoms with Gasteiger partial charge in [-0.25, -0.2) is 4.79 Å². The van der Waals surface area contributed by atoms with Crippen molar-refractivity contribution in [2.75, 3.05) is 13.2 Å². The number of alkyl carbamates (subject to hydrolysis) is 1. The van der Waals surface area contributed by atoms with Crippen LogP contribution >= 0.6 is 0 Å². The van der Waals surface area contributed by atoms with Gasteiger partial charge >= 0.3 is 6.09 Å². The SMILES string of the molecule is CCOC(=O)NCc1cc(C)c(OCC)cc1C. The highest BCUT2D eigenvalue weighted by atomic mass is 16.5. The molecule has 1 aromatic carbocycles. The minimum Gasteiger partial charge on any atom is -0.494 e. The van der Waals surface area contributed by atoms with Gasteiger partial charge in [-0.2, -0.15) is 0 Å². The van der Waals surface area contributed by atoms with E-state index < -0.39 is 0 Å². The number of aryl methyl sites for hydroxylation is 2. The number of amides is 1. The van der Waals surface area contributed by atoms with Crippen LogP contribution in [-0.2, 0) is 11.3 Å². The Morgan fingerprint density at radius 3 is 2.50 bits per heavy atom. The molecule has 1 amide bonds. The molecule has 0 aliphatic carbocycles. The highest BCUT2D eigenvalue weighted by molar-refractivity contribution is 5.67. The van der Waals surface area contributed by atoms with Gasteiger partial charge in [0.25, 0.3) is 0 Å². The van der Waals surface area contributed by atoms with Crippen molar-refractivity contribution < 1.29 is 14.3 Å². The number of carbonyl (C=O) groups is 1. The maximum Gasteiger partial charge on any atom is 0.407 e. The van der Waals surface area contributed by atoms with Crippen LogP contribution in [0, 0.1) is 13.8 Å². The first kappa shape index (κ1) is 14.4. The fraction of sp³-hybridized carbons (Fsp3) is 0.500. The molecule has 0 atom stereocenters. The zero-order valence-electron chi connectivity index (χ0n) is 11.5. The summed E-state index contributed by atoms with van der Waals surface area (Å²) >= 11 is 0. The maximum absolute atomic E-state index is 11.2. The minimum atomic E-state index is -0.386. The number of nitrogens with one attached hydrogen (secondary N) is 1. The second kappa shape index (κ2) is 6.89. The van der Waals surface area contributed by atoms with Crippen molar-refractivity contribution in [3.8, 4) is 5.75 Å². The third-order valence-electron chi connectivity index (χ3n) is 2.63. The van der Waals surface area contributed by atoms with Crippen LogP contribution in [-0.4, -0.2) is 19.3 Å². The summed E-state index contributed by atoms with van der Waals surface area (Å²) in [6.07, 6.45) is -0.386. The van der Waals surface area contributed by atoms with E-state index in [4.69, 9.17) is 9.47 Å². The average molecular weight is 251 g/mol. The van der Waals surface area contributed by atoms with Gasteiger partial charge in [-0.05, 0) is 50.5 Å². The van der Waals surface area contributed by atoms with Gasteiger partial charge in [-0.3, -0.25) is 0 Å². The molecule has 0 unspecified atom stereocenters. The molecule has 0 saturated carbocycles. The van der Waals surface area contributed by atoms with Crippen molar-refractivity contribution in [1.82, 2.24) is 5.32 Å². The van der Waals surface area contributed by atoms with Crippen molar-refractivity contribution in [2.45, 2.75) is 34.2 Å². The Morgan fingerprint density at radius 1 is 1.17 bits per heavy atom. The van der Waals surface area contributed by atoms with E-state index in [1.807, 2.05) is 32.9 Å². The lowest BCUT2D eigenvalue weighted by molar-refractivity contribution is 0.151. The Morgan fingerprint density at radius 2 is 1.89 bits per heavy atom. The summed E-state index contributed by atoms with van der Waals surface area (Å²) in [5.41, 5.74) is 3.24. The van der Waals surface area contributed by atoms with E-state index in [9.17, 15) is 4.79 Å². The van der Waals surface area contributed by atoms with Crippen molar-refractivity contribution >= 4 is 6.09 Å². The van der Waals surface area contributed by atoms with Gasteiger partial charge in [0, 0.05) is 6.54 Å². The Kier molecular flexibility index (Phi) is 5.49. The van der Waals surface area contributed by atoms with E-state index in [-0.39, 0.29) is 6.09 Å². The molecule has 0 aliphatic rings. The summed E-state index contributed by atoms with van der Waals surface area (Å²) in [4.78, 5) is 11.2. The van der Waals surface area contributed by atoms with Crippen LogP contribution in [0.5, 0.6) is 5.75 Å². The molecule has 0 aromatic heterocycles. The first-order valence-corrected chi connectivity index (χ1v) is 6.22. The minimum absolute atomic E-state index is 0.382. The molecular formula is C14H21NO3. The second-order valence-electron chi connectivity index (χ2n) is 4.05. The van der Waals surface area contributed by atoms with Gasteiger partial charge in [0.15, 0.2) is 0 Å². The quantitative estimate of drug-likeness (QED) is 0.875. The topological polar surface area (TPSA) is 47.6 Å². The molecule has 18 heavy (non-hydrogen) atoms. The summed E-state index contributed by atoms with van der Waals surface area (Å²) in [6.45, 7) is 9.25. The molecular weight excluding hydrogens is 230 g/mol. The van der Waals surface area contributed by atoms with Gasteiger partial charge in [-0.15, -0.1) is 0 Å². The lowest BCUT2D eigenvalue weighted by Gasteiger charge is -2.13. The van der Waals surface area contributed by atoms with Crippen LogP contribution < -0.4 is 10.1 Å². The summed E-state index contributed by atoms with van der Waals surface area (Å²) < 4.78 is 10.3. The molecule has 0 fully saturated rings. The van der Waals surface area contributed by atoms with E-state index in [2.05, 4.69) is 5.32 Å². The van der Waals surface area contributed by atoms with Crippen LogP contribution in [0.4, 0.5) is 4.79 Å². The van der Waals surface area contributed by atoms with Gasteiger partial charge in [0.1, 0.15) is 5.75 Å². The summed E-state index contributed by atoms with van der Waals surface area (Å²) in [5, 5.41) is 2.72. The zero-order valence-corrected chi connectivity index (χ0v) is 11.5. The molecule has 0 spiro atoms. The van der Waals surface area contributed by atoms with Gasteiger partial charge in [-0.1, -0.05) is 6.07 Å².